The lowest BCUT2D eigenvalue weighted by molar-refractivity contribution is -0.384. The predicted octanol–water partition coefficient (Wildman–Crippen LogP) is 0.583. The van der Waals surface area contributed by atoms with Crippen LogP contribution in [-0.2, 0) is 11.3 Å². The molecule has 3 N–H and O–H groups in total. The summed E-state index contributed by atoms with van der Waals surface area (Å²) in [6, 6.07) is 6.33. The van der Waals surface area contributed by atoms with Gasteiger partial charge in [-0.1, -0.05) is 12.1 Å². The summed E-state index contributed by atoms with van der Waals surface area (Å²) in [5, 5.41) is 19.7. The Labute approximate surface area is 109 Å². The number of nitro groups is 1. The second-order valence-corrected chi connectivity index (χ2v) is 4.85. The van der Waals surface area contributed by atoms with Crippen molar-refractivity contribution >= 4 is 11.7 Å². The Balaban J connectivity index is 2.05. The van der Waals surface area contributed by atoms with E-state index in [-0.39, 0.29) is 12.2 Å². The molecule has 102 valence electrons. The van der Waals surface area contributed by atoms with Gasteiger partial charge < -0.3 is 10.8 Å². The van der Waals surface area contributed by atoms with Crippen molar-refractivity contribution in [3.63, 3.8) is 0 Å². The molecule has 1 unspecified atom stereocenters. The Bertz CT molecular complexity index is 519. The highest BCUT2D eigenvalue weighted by Gasteiger charge is 2.41. The first-order valence-electron chi connectivity index (χ1n) is 5.89. The van der Waals surface area contributed by atoms with Crippen LogP contribution < -0.4 is 5.73 Å². The first-order chi connectivity index (χ1) is 8.90. The number of nitrogens with zero attached hydrogens (tertiary/aromatic N) is 2. The van der Waals surface area contributed by atoms with Gasteiger partial charge in [-0.15, -0.1) is 0 Å². The molecule has 7 nitrogen and oxygen atoms in total. The summed E-state index contributed by atoms with van der Waals surface area (Å²) in [4.78, 5) is 23.2. The average molecular weight is 265 g/mol. The van der Waals surface area contributed by atoms with E-state index in [2.05, 4.69) is 0 Å². The van der Waals surface area contributed by atoms with E-state index in [9.17, 15) is 14.9 Å². The molecule has 0 aromatic heterocycles. The van der Waals surface area contributed by atoms with Crippen LogP contribution in [-0.4, -0.2) is 39.5 Å². The molecule has 7 heteroatoms. The lowest BCUT2D eigenvalue weighted by Gasteiger charge is -2.19. The summed E-state index contributed by atoms with van der Waals surface area (Å²) in [6.07, 6.45) is 0.386. The van der Waals surface area contributed by atoms with E-state index in [1.54, 1.807) is 12.1 Å². The second-order valence-electron chi connectivity index (χ2n) is 4.85. The number of nitro benzene ring substituents is 1. The predicted molar refractivity (Wildman–Crippen MR) is 67.5 cm³/mol. The van der Waals surface area contributed by atoms with E-state index in [4.69, 9.17) is 10.8 Å². The molecule has 0 radical (unpaired) electrons. The molecule has 1 aromatic rings. The fourth-order valence-corrected chi connectivity index (χ4v) is 2.25. The van der Waals surface area contributed by atoms with Crippen molar-refractivity contribution < 1.29 is 14.8 Å². The number of benzene rings is 1. The topological polar surface area (TPSA) is 110 Å². The van der Waals surface area contributed by atoms with Gasteiger partial charge in [0.1, 0.15) is 5.54 Å². The van der Waals surface area contributed by atoms with E-state index >= 15 is 0 Å². The summed E-state index contributed by atoms with van der Waals surface area (Å²) >= 11 is 0. The van der Waals surface area contributed by atoms with Crippen molar-refractivity contribution in [2.45, 2.75) is 18.5 Å². The van der Waals surface area contributed by atoms with E-state index in [1.807, 2.05) is 4.90 Å². The third-order valence-corrected chi connectivity index (χ3v) is 3.33. The van der Waals surface area contributed by atoms with Crippen molar-refractivity contribution in [3.8, 4) is 0 Å². The van der Waals surface area contributed by atoms with E-state index in [1.165, 1.54) is 12.1 Å². The summed E-state index contributed by atoms with van der Waals surface area (Å²) < 4.78 is 0. The minimum absolute atomic E-state index is 0.0361. The summed E-state index contributed by atoms with van der Waals surface area (Å²) in [5.74, 6) is -1.01. The molecule has 1 atom stereocenters. The maximum absolute atomic E-state index is 11.0. The highest BCUT2D eigenvalue weighted by atomic mass is 16.6. The first-order valence-corrected chi connectivity index (χ1v) is 5.89. The van der Waals surface area contributed by atoms with Crippen molar-refractivity contribution in [2.75, 3.05) is 13.1 Å². The normalized spacial score (nSPS) is 23.4. The summed E-state index contributed by atoms with van der Waals surface area (Å²) in [7, 11) is 0. The number of aliphatic carboxylic acids is 1. The molecule has 1 aliphatic rings. The molecule has 0 bridgehead atoms. The maximum atomic E-state index is 11.0. The van der Waals surface area contributed by atoms with Crippen LogP contribution in [0.2, 0.25) is 0 Å². The van der Waals surface area contributed by atoms with Crippen molar-refractivity contribution in [1.29, 1.82) is 0 Å². The number of nitrogens with two attached hydrogens (primary N) is 1. The van der Waals surface area contributed by atoms with Gasteiger partial charge >= 0.3 is 5.97 Å². The third-order valence-electron chi connectivity index (χ3n) is 3.33. The largest absolute Gasteiger partial charge is 0.480 e. The monoisotopic (exact) mass is 265 g/mol. The molecule has 0 amide bonds. The summed E-state index contributed by atoms with van der Waals surface area (Å²) in [6.45, 7) is 1.30. The van der Waals surface area contributed by atoms with Gasteiger partial charge in [-0.2, -0.15) is 0 Å². The van der Waals surface area contributed by atoms with Gasteiger partial charge in [0.15, 0.2) is 0 Å². The zero-order valence-electron chi connectivity index (χ0n) is 10.3. The number of likely N-dealkylation sites (tertiary alicyclic amines) is 1. The molecule has 1 saturated heterocycles. The number of carboxylic acids is 1. The van der Waals surface area contributed by atoms with Gasteiger partial charge in [-0.05, 0) is 12.0 Å². The lowest BCUT2D eigenvalue weighted by Crippen LogP contribution is -2.50. The molecule has 0 saturated carbocycles. The van der Waals surface area contributed by atoms with Crippen LogP contribution in [0.15, 0.2) is 24.3 Å². The number of rotatable bonds is 4. The Kier molecular flexibility index (Phi) is 3.50. The number of hydrogen-bond acceptors (Lipinski definition) is 5. The van der Waals surface area contributed by atoms with Gasteiger partial charge in [-0.3, -0.25) is 19.8 Å². The highest BCUT2D eigenvalue weighted by molar-refractivity contribution is 5.79. The van der Waals surface area contributed by atoms with Gasteiger partial charge in [-0.25, -0.2) is 0 Å². The molecule has 2 rings (SSSR count). The van der Waals surface area contributed by atoms with Crippen LogP contribution >= 0.6 is 0 Å². The van der Waals surface area contributed by atoms with Crippen LogP contribution in [0.5, 0.6) is 0 Å². The minimum atomic E-state index is -1.21. The summed E-state index contributed by atoms with van der Waals surface area (Å²) in [5.41, 5.74) is 5.38. The number of non-ortho nitro benzene ring substituents is 1. The number of hydrogen-bond donors (Lipinski definition) is 2. The maximum Gasteiger partial charge on any atom is 0.325 e. The minimum Gasteiger partial charge on any atom is -0.480 e. The number of carbonyl (C=O) groups is 1. The lowest BCUT2D eigenvalue weighted by atomic mass is 10.0. The molecule has 1 fully saturated rings. The Morgan fingerprint density at radius 3 is 2.89 bits per heavy atom. The van der Waals surface area contributed by atoms with Gasteiger partial charge in [0, 0.05) is 31.8 Å². The Morgan fingerprint density at radius 2 is 2.32 bits per heavy atom. The van der Waals surface area contributed by atoms with Crippen LogP contribution in [0.4, 0.5) is 5.69 Å². The Morgan fingerprint density at radius 1 is 1.58 bits per heavy atom. The van der Waals surface area contributed by atoms with Crippen LogP contribution in [0.1, 0.15) is 12.0 Å². The molecule has 1 aliphatic heterocycles. The zero-order valence-corrected chi connectivity index (χ0v) is 10.3. The van der Waals surface area contributed by atoms with Gasteiger partial charge in [0.05, 0.1) is 4.92 Å². The second kappa shape index (κ2) is 4.94. The fourth-order valence-electron chi connectivity index (χ4n) is 2.25. The smallest absolute Gasteiger partial charge is 0.325 e. The highest BCUT2D eigenvalue weighted by Crippen LogP contribution is 2.22. The molecule has 19 heavy (non-hydrogen) atoms. The van der Waals surface area contributed by atoms with Crippen LogP contribution in [0.25, 0.3) is 0 Å². The molecule has 1 heterocycles. The third kappa shape index (κ3) is 2.88. The van der Waals surface area contributed by atoms with Crippen LogP contribution in [0, 0.1) is 10.1 Å². The average Bonchev–Trinajstić information content (AvgIpc) is 2.72. The van der Waals surface area contributed by atoms with E-state index < -0.39 is 16.4 Å². The molecule has 1 aromatic carbocycles. The first kappa shape index (κ1) is 13.4. The van der Waals surface area contributed by atoms with Crippen molar-refractivity contribution in [2.24, 2.45) is 5.73 Å². The van der Waals surface area contributed by atoms with E-state index in [0.29, 0.717) is 19.5 Å². The van der Waals surface area contributed by atoms with Crippen molar-refractivity contribution in [1.82, 2.24) is 4.90 Å². The molecular weight excluding hydrogens is 250 g/mol. The van der Waals surface area contributed by atoms with Crippen molar-refractivity contribution in [3.05, 3.63) is 39.9 Å². The SMILES string of the molecule is NC1(C(=O)O)CCN(Cc2cccc([N+](=O)[O-])c2)C1. The van der Waals surface area contributed by atoms with Gasteiger partial charge in [0.25, 0.3) is 5.69 Å². The van der Waals surface area contributed by atoms with Crippen LogP contribution in [0.3, 0.4) is 0 Å². The van der Waals surface area contributed by atoms with Gasteiger partial charge in [0.2, 0.25) is 0 Å². The van der Waals surface area contributed by atoms with E-state index in [0.717, 1.165) is 5.56 Å². The Hall–Kier alpha value is -1.99. The molecular formula is C12H15N3O4. The zero-order chi connectivity index (χ0) is 14.0. The quantitative estimate of drug-likeness (QED) is 0.608. The molecule has 0 aliphatic carbocycles. The fraction of sp³-hybridized carbons (Fsp3) is 0.417. The number of carboxylic acid groups (broad SMARTS) is 1. The standard InChI is InChI=1S/C12H15N3O4/c13-12(11(16)17)4-5-14(8-12)7-9-2-1-3-10(6-9)15(18)19/h1-3,6H,4-5,7-8,13H2,(H,16,17). The molecule has 0 spiro atoms.